The molecule has 20 heavy (non-hydrogen) atoms. The molecule has 0 saturated carbocycles. The van der Waals surface area contributed by atoms with E-state index < -0.39 is 0 Å². The molecule has 0 heterocycles. The Hall–Kier alpha value is -1.51. The number of halogens is 1. The molecule has 0 aromatic heterocycles. The average molecular weight is 292 g/mol. The molecular formula is C17H22ClNO. The highest BCUT2D eigenvalue weighted by molar-refractivity contribution is 5.85. The average Bonchev–Trinajstić information content (AvgIpc) is 2.42. The van der Waals surface area contributed by atoms with Gasteiger partial charge in [0.15, 0.2) is 0 Å². The Morgan fingerprint density at radius 2 is 1.85 bits per heavy atom. The van der Waals surface area contributed by atoms with Crippen molar-refractivity contribution < 1.29 is 4.74 Å². The fourth-order valence-corrected chi connectivity index (χ4v) is 2.10. The molecule has 108 valence electrons. The minimum Gasteiger partial charge on any atom is -0.457 e. The van der Waals surface area contributed by atoms with Gasteiger partial charge in [0.2, 0.25) is 0 Å². The van der Waals surface area contributed by atoms with E-state index in [0.717, 1.165) is 23.5 Å². The molecule has 0 radical (unpaired) electrons. The highest BCUT2D eigenvalue weighted by Crippen LogP contribution is 2.28. The van der Waals surface area contributed by atoms with E-state index in [0.29, 0.717) is 12.5 Å². The molecule has 3 heteroatoms. The third kappa shape index (κ3) is 4.26. The van der Waals surface area contributed by atoms with Crippen molar-refractivity contribution >= 4 is 12.4 Å². The second-order valence-electron chi connectivity index (χ2n) is 4.92. The number of hydrogen-bond acceptors (Lipinski definition) is 2. The first-order valence-corrected chi connectivity index (χ1v) is 6.74. The lowest BCUT2D eigenvalue weighted by Crippen LogP contribution is -2.04. The monoisotopic (exact) mass is 291 g/mol. The maximum absolute atomic E-state index is 5.95. The minimum absolute atomic E-state index is 0. The summed E-state index contributed by atoms with van der Waals surface area (Å²) in [7, 11) is 0. The van der Waals surface area contributed by atoms with Crippen LogP contribution in [0, 0.1) is 6.92 Å². The van der Waals surface area contributed by atoms with Crippen LogP contribution < -0.4 is 10.5 Å². The third-order valence-electron chi connectivity index (χ3n) is 3.35. The smallest absolute Gasteiger partial charge is 0.130 e. The molecule has 0 spiro atoms. The van der Waals surface area contributed by atoms with E-state index in [1.54, 1.807) is 0 Å². The second kappa shape index (κ2) is 7.93. The van der Waals surface area contributed by atoms with Gasteiger partial charge in [-0.2, -0.15) is 0 Å². The molecule has 0 saturated heterocycles. The van der Waals surface area contributed by atoms with Crippen LogP contribution in [-0.4, -0.2) is 6.54 Å². The molecule has 0 aliphatic carbocycles. The second-order valence-corrected chi connectivity index (χ2v) is 4.92. The van der Waals surface area contributed by atoms with Gasteiger partial charge < -0.3 is 10.5 Å². The van der Waals surface area contributed by atoms with E-state index in [1.165, 1.54) is 5.56 Å². The van der Waals surface area contributed by atoms with Crippen LogP contribution in [0.5, 0.6) is 11.5 Å². The van der Waals surface area contributed by atoms with Crippen LogP contribution in [0.25, 0.3) is 0 Å². The fraction of sp³-hybridized carbons (Fsp3) is 0.294. The van der Waals surface area contributed by atoms with Gasteiger partial charge in [0.25, 0.3) is 0 Å². The van der Waals surface area contributed by atoms with Gasteiger partial charge in [0, 0.05) is 0 Å². The molecule has 0 aliphatic rings. The van der Waals surface area contributed by atoms with Crippen LogP contribution >= 0.6 is 12.4 Å². The molecule has 0 fully saturated rings. The van der Waals surface area contributed by atoms with Crippen molar-refractivity contribution in [3.8, 4) is 11.5 Å². The quantitative estimate of drug-likeness (QED) is 0.869. The van der Waals surface area contributed by atoms with E-state index in [9.17, 15) is 0 Å². The zero-order chi connectivity index (χ0) is 13.7. The van der Waals surface area contributed by atoms with Gasteiger partial charge >= 0.3 is 0 Å². The highest BCUT2D eigenvalue weighted by atomic mass is 35.5. The summed E-state index contributed by atoms with van der Waals surface area (Å²) < 4.78 is 5.95. The third-order valence-corrected chi connectivity index (χ3v) is 3.35. The van der Waals surface area contributed by atoms with Gasteiger partial charge in [-0.25, -0.2) is 0 Å². The van der Waals surface area contributed by atoms with E-state index in [1.807, 2.05) is 30.3 Å². The standard InChI is InChI=1S/C17H21NO.ClH/c1-13(10-11-18)15-7-5-8-16(12-15)19-17-9-4-3-6-14(17)2;/h3-9,12-13H,10-11,18H2,1-2H3;1H. The molecule has 0 bridgehead atoms. The van der Waals surface area contributed by atoms with E-state index in [2.05, 4.69) is 32.0 Å². The number of nitrogens with two attached hydrogens (primary N) is 1. The van der Waals surface area contributed by atoms with Crippen molar-refractivity contribution in [2.75, 3.05) is 6.54 Å². The lowest BCUT2D eigenvalue weighted by Gasteiger charge is -2.13. The van der Waals surface area contributed by atoms with Crippen LogP contribution in [-0.2, 0) is 0 Å². The Kier molecular flexibility index (Phi) is 6.56. The Bertz CT molecular complexity index is 542. The van der Waals surface area contributed by atoms with Crippen LogP contribution in [0.4, 0.5) is 0 Å². The molecule has 2 aromatic carbocycles. The molecule has 2 aromatic rings. The van der Waals surface area contributed by atoms with Crippen LogP contribution in [0.2, 0.25) is 0 Å². The van der Waals surface area contributed by atoms with Crippen molar-refractivity contribution in [3.63, 3.8) is 0 Å². The first-order valence-electron chi connectivity index (χ1n) is 6.74. The molecule has 2 rings (SSSR count). The van der Waals surface area contributed by atoms with Gasteiger partial charge in [-0.05, 0) is 55.1 Å². The SMILES string of the molecule is Cc1ccccc1Oc1cccc(C(C)CCN)c1.Cl. The number of hydrogen-bond donors (Lipinski definition) is 1. The number of para-hydroxylation sites is 1. The van der Waals surface area contributed by atoms with Gasteiger partial charge in [0.1, 0.15) is 11.5 Å². The summed E-state index contributed by atoms with van der Waals surface area (Å²) in [5, 5.41) is 0. The minimum atomic E-state index is 0. The molecule has 1 unspecified atom stereocenters. The topological polar surface area (TPSA) is 35.2 Å². The van der Waals surface area contributed by atoms with Crippen molar-refractivity contribution in [2.45, 2.75) is 26.2 Å². The van der Waals surface area contributed by atoms with Gasteiger partial charge in [-0.1, -0.05) is 37.3 Å². The van der Waals surface area contributed by atoms with Crippen molar-refractivity contribution in [1.82, 2.24) is 0 Å². The van der Waals surface area contributed by atoms with Gasteiger partial charge in [-0.3, -0.25) is 0 Å². The maximum atomic E-state index is 5.95. The van der Waals surface area contributed by atoms with Gasteiger partial charge in [-0.15, -0.1) is 12.4 Å². The largest absolute Gasteiger partial charge is 0.457 e. The predicted molar refractivity (Wildman–Crippen MR) is 87.0 cm³/mol. The summed E-state index contributed by atoms with van der Waals surface area (Å²) in [6, 6.07) is 16.3. The molecule has 2 nitrogen and oxygen atoms in total. The lowest BCUT2D eigenvalue weighted by atomic mass is 9.98. The van der Waals surface area contributed by atoms with Crippen molar-refractivity contribution in [1.29, 1.82) is 0 Å². The lowest BCUT2D eigenvalue weighted by molar-refractivity contribution is 0.477. The summed E-state index contributed by atoms with van der Waals surface area (Å²) in [5.41, 5.74) is 8.03. The maximum Gasteiger partial charge on any atom is 0.130 e. The predicted octanol–water partition coefficient (Wildman–Crippen LogP) is 4.66. The summed E-state index contributed by atoms with van der Waals surface area (Å²) in [6.07, 6.45) is 0.994. The van der Waals surface area contributed by atoms with E-state index in [-0.39, 0.29) is 12.4 Å². The van der Waals surface area contributed by atoms with Crippen molar-refractivity contribution in [3.05, 3.63) is 59.7 Å². The fourth-order valence-electron chi connectivity index (χ4n) is 2.10. The summed E-state index contributed by atoms with van der Waals surface area (Å²) in [4.78, 5) is 0. The molecule has 2 N–H and O–H groups in total. The zero-order valence-corrected chi connectivity index (χ0v) is 12.8. The Morgan fingerprint density at radius 1 is 1.10 bits per heavy atom. The Balaban J connectivity index is 0.00000200. The molecule has 0 aliphatic heterocycles. The van der Waals surface area contributed by atoms with Crippen molar-refractivity contribution in [2.24, 2.45) is 5.73 Å². The van der Waals surface area contributed by atoms with E-state index >= 15 is 0 Å². The van der Waals surface area contributed by atoms with Crippen LogP contribution in [0.15, 0.2) is 48.5 Å². The Morgan fingerprint density at radius 3 is 2.55 bits per heavy atom. The summed E-state index contributed by atoms with van der Waals surface area (Å²) in [6.45, 7) is 4.96. The number of ether oxygens (including phenoxy) is 1. The number of aryl methyl sites for hydroxylation is 1. The Labute approximate surface area is 127 Å². The first-order chi connectivity index (χ1) is 9.20. The van der Waals surface area contributed by atoms with Crippen LogP contribution in [0.1, 0.15) is 30.4 Å². The summed E-state index contributed by atoms with van der Waals surface area (Å²) >= 11 is 0. The number of rotatable bonds is 5. The highest BCUT2D eigenvalue weighted by Gasteiger charge is 2.06. The zero-order valence-electron chi connectivity index (χ0n) is 12.0. The normalized spacial score (nSPS) is 11.6. The van der Waals surface area contributed by atoms with Gasteiger partial charge in [0.05, 0.1) is 0 Å². The molecule has 0 amide bonds. The first kappa shape index (κ1) is 16.5. The van der Waals surface area contributed by atoms with Crippen LogP contribution in [0.3, 0.4) is 0 Å². The molecule has 1 atom stereocenters. The van der Waals surface area contributed by atoms with E-state index in [4.69, 9.17) is 10.5 Å². The summed E-state index contributed by atoms with van der Waals surface area (Å²) in [5.74, 6) is 2.26. The number of benzene rings is 2. The molecular weight excluding hydrogens is 270 g/mol.